The highest BCUT2D eigenvalue weighted by Gasteiger charge is 2.52. The highest BCUT2D eigenvalue weighted by atomic mass is 127. The van der Waals surface area contributed by atoms with Gasteiger partial charge < -0.3 is 18.4 Å². The number of thiophene rings is 2. The Bertz CT molecular complexity index is 5290. The van der Waals surface area contributed by atoms with Crippen LogP contribution in [-0.2, 0) is 9.31 Å². The van der Waals surface area contributed by atoms with Gasteiger partial charge in [-0.3, -0.25) is 0 Å². The minimum absolute atomic E-state index is 0.413. The van der Waals surface area contributed by atoms with Crippen LogP contribution in [0.25, 0.3) is 129 Å². The molecule has 0 unspecified atom stereocenters. The SMILES string of the molecule is Brc1cccc(-c2cc3c4ccccc4n(-c4ccc(-c5ccccc5)cc4)c3c3c2sc2ccccc23)c1.Brc1cccc(I)c1.CC1(C)OB(c2cc3c4ccccc4n(-c4ccc(-c5ccccc5)cc4)c3c3c2sc2ccccc23)OC1(C)C. The van der Waals surface area contributed by atoms with Crippen LogP contribution in [0.4, 0.5) is 0 Å². The lowest BCUT2D eigenvalue weighted by Gasteiger charge is -2.32. The molecule has 426 valence electrons. The van der Waals surface area contributed by atoms with Gasteiger partial charge in [0.05, 0.1) is 33.3 Å². The van der Waals surface area contributed by atoms with Crippen molar-refractivity contribution < 1.29 is 9.31 Å². The molecule has 17 rings (SSSR count). The van der Waals surface area contributed by atoms with E-state index in [0.29, 0.717) is 0 Å². The lowest BCUT2D eigenvalue weighted by atomic mass is 9.77. The topological polar surface area (TPSA) is 28.3 Å². The molecule has 1 aliphatic rings. The summed E-state index contributed by atoms with van der Waals surface area (Å²) in [6.45, 7) is 8.49. The summed E-state index contributed by atoms with van der Waals surface area (Å²) in [5, 5.41) is 10.2. The molecule has 5 heterocycles. The molecule has 12 aromatic carbocycles. The second kappa shape index (κ2) is 23.1. The first-order valence-electron chi connectivity index (χ1n) is 29.5. The van der Waals surface area contributed by atoms with Crippen molar-refractivity contribution >= 4 is 174 Å². The largest absolute Gasteiger partial charge is 0.496 e. The van der Waals surface area contributed by atoms with Crippen molar-refractivity contribution in [1.29, 1.82) is 0 Å². The predicted octanol–water partition coefficient (Wildman–Crippen LogP) is 23.4. The quantitative estimate of drug-likeness (QED) is 0.123. The number of fused-ring (bicyclic) bond motifs is 14. The molecule has 0 aliphatic carbocycles. The summed E-state index contributed by atoms with van der Waals surface area (Å²) in [4.78, 5) is 0. The van der Waals surface area contributed by atoms with E-state index in [0.717, 1.165) is 20.1 Å². The van der Waals surface area contributed by atoms with Gasteiger partial charge in [0.15, 0.2) is 0 Å². The molecule has 1 saturated heterocycles. The number of hydrogen-bond acceptors (Lipinski definition) is 4. The van der Waals surface area contributed by atoms with Gasteiger partial charge in [-0.05, 0) is 163 Å². The van der Waals surface area contributed by atoms with Crippen LogP contribution in [0, 0.1) is 3.57 Å². The molecular weight excluding hydrogens is 1360 g/mol. The number of para-hydroxylation sites is 2. The van der Waals surface area contributed by atoms with E-state index in [1.165, 1.54) is 127 Å². The summed E-state index contributed by atoms with van der Waals surface area (Å²) >= 11 is 13.1. The molecule has 1 aliphatic heterocycles. The van der Waals surface area contributed by atoms with Crippen molar-refractivity contribution in [3.63, 3.8) is 0 Å². The Morgan fingerprint density at radius 3 is 1.27 bits per heavy atom. The Hall–Kier alpha value is -7.65. The maximum Gasteiger partial charge on any atom is 0.496 e. The maximum absolute atomic E-state index is 6.64. The van der Waals surface area contributed by atoms with E-state index in [9.17, 15) is 0 Å². The van der Waals surface area contributed by atoms with E-state index < -0.39 is 18.3 Å². The lowest BCUT2D eigenvalue weighted by Crippen LogP contribution is -2.41. The zero-order chi connectivity index (χ0) is 59.8. The molecule has 0 amide bonds. The van der Waals surface area contributed by atoms with Gasteiger partial charge in [-0.15, -0.1) is 22.7 Å². The van der Waals surface area contributed by atoms with Crippen molar-refractivity contribution in [2.75, 3.05) is 0 Å². The zero-order valence-corrected chi connectivity index (χ0v) is 55.6. The molecule has 4 nitrogen and oxygen atoms in total. The van der Waals surface area contributed by atoms with Crippen molar-refractivity contribution in [3.8, 4) is 44.8 Å². The summed E-state index contributed by atoms with van der Waals surface area (Å²) in [6.07, 6.45) is 0. The van der Waals surface area contributed by atoms with Crippen LogP contribution in [0.1, 0.15) is 27.7 Å². The van der Waals surface area contributed by atoms with Gasteiger partial charge in [-0.2, -0.15) is 0 Å². The first-order chi connectivity index (χ1) is 42.9. The number of halogens is 3. The highest BCUT2D eigenvalue weighted by Crippen LogP contribution is 2.49. The van der Waals surface area contributed by atoms with E-state index in [4.69, 9.17) is 9.31 Å². The molecule has 88 heavy (non-hydrogen) atoms. The first-order valence-corrected chi connectivity index (χ1v) is 33.8. The second-order valence-electron chi connectivity index (χ2n) is 23.4. The average molecular weight is 1410 g/mol. The minimum Gasteiger partial charge on any atom is -0.399 e. The van der Waals surface area contributed by atoms with Crippen LogP contribution in [-0.4, -0.2) is 27.5 Å². The molecule has 0 N–H and O–H groups in total. The number of hydrogen-bond donors (Lipinski definition) is 0. The third kappa shape index (κ3) is 10.1. The summed E-state index contributed by atoms with van der Waals surface area (Å²) in [5.74, 6) is 0. The fourth-order valence-electron chi connectivity index (χ4n) is 12.6. The van der Waals surface area contributed by atoms with E-state index in [-0.39, 0.29) is 0 Å². The Kier molecular flexibility index (Phi) is 14.9. The van der Waals surface area contributed by atoms with Crippen LogP contribution >= 0.6 is 77.1 Å². The molecule has 0 spiro atoms. The van der Waals surface area contributed by atoms with Gasteiger partial charge in [0.2, 0.25) is 0 Å². The van der Waals surface area contributed by atoms with Gasteiger partial charge in [0.1, 0.15) is 0 Å². The van der Waals surface area contributed by atoms with Gasteiger partial charge in [-0.1, -0.05) is 214 Å². The van der Waals surface area contributed by atoms with Crippen LogP contribution in [0.15, 0.2) is 276 Å². The summed E-state index contributed by atoms with van der Waals surface area (Å²) in [7, 11) is -0.438. The number of nitrogens with zero attached hydrogens (tertiary/aromatic N) is 2. The standard InChI is InChI=1S/C36H30BNO2S.C36H22BrNS.C6H4BrI/c1-35(2)36(3,4)40-37(39-35)29-22-28-26-14-8-10-16-30(26)38(25-20-18-24(19-21-25)23-12-6-5-7-13-23)33(28)32-27-15-9-11-17-31(27)41-34(29)32;37-26-12-8-11-25(21-26)30-22-31-28-13-4-6-15-32(28)38(27-19-17-24(18-20-27)23-9-2-1-3-10-23)35(31)34-29-14-5-7-16-33(29)39-36(30)34;7-5-2-1-3-6(8)4-5/h5-22H,1-4H3;1-22H;1-4H. The van der Waals surface area contributed by atoms with E-state index >= 15 is 0 Å². The summed E-state index contributed by atoms with van der Waals surface area (Å²) in [6, 6.07) is 95.8. The third-order valence-corrected chi connectivity index (χ3v) is 21.6. The van der Waals surface area contributed by atoms with Crippen LogP contribution in [0.3, 0.4) is 0 Å². The molecule has 0 atom stereocenters. The molecule has 4 aromatic heterocycles. The van der Waals surface area contributed by atoms with Crippen molar-refractivity contribution in [2.24, 2.45) is 0 Å². The Labute approximate surface area is 550 Å². The average Bonchev–Trinajstić information content (AvgIpc) is 1.60. The van der Waals surface area contributed by atoms with Gasteiger partial charge >= 0.3 is 7.12 Å². The van der Waals surface area contributed by atoms with E-state index in [1.807, 2.05) is 34.8 Å². The Morgan fingerprint density at radius 2 is 0.784 bits per heavy atom. The molecular formula is C78H56BBr2IN2O2S2. The first kappa shape index (κ1) is 56.8. The predicted molar refractivity (Wildman–Crippen MR) is 394 cm³/mol. The second-order valence-corrected chi connectivity index (χ2v) is 28.5. The van der Waals surface area contributed by atoms with Crippen molar-refractivity contribution in [1.82, 2.24) is 9.13 Å². The van der Waals surface area contributed by atoms with E-state index in [1.54, 1.807) is 0 Å². The molecule has 0 saturated carbocycles. The highest BCUT2D eigenvalue weighted by molar-refractivity contribution is 14.1. The number of rotatable bonds is 6. The molecule has 16 aromatic rings. The van der Waals surface area contributed by atoms with Crippen LogP contribution in [0.2, 0.25) is 0 Å². The smallest absolute Gasteiger partial charge is 0.399 e. The Balaban J connectivity index is 0.000000131. The van der Waals surface area contributed by atoms with Crippen LogP contribution in [0.5, 0.6) is 0 Å². The summed E-state index contributed by atoms with van der Waals surface area (Å²) < 4.78 is 26.8. The van der Waals surface area contributed by atoms with Gasteiger partial charge in [0.25, 0.3) is 0 Å². The monoisotopic (exact) mass is 1410 g/mol. The normalized spacial score (nSPS) is 13.7. The molecule has 0 radical (unpaired) electrons. The molecule has 0 bridgehead atoms. The minimum atomic E-state index is -0.438. The van der Waals surface area contributed by atoms with E-state index in [2.05, 4.69) is 346 Å². The fourth-order valence-corrected chi connectivity index (χ4v) is 16.8. The summed E-state index contributed by atoms with van der Waals surface area (Å²) in [5.41, 5.74) is 14.9. The molecule has 10 heteroatoms. The van der Waals surface area contributed by atoms with Crippen molar-refractivity contribution in [2.45, 2.75) is 38.9 Å². The lowest BCUT2D eigenvalue weighted by molar-refractivity contribution is 0.00578. The fraction of sp³-hybridized carbons (Fsp3) is 0.0769. The third-order valence-electron chi connectivity index (χ3n) is 17.5. The number of benzene rings is 12. The van der Waals surface area contributed by atoms with Crippen LogP contribution < -0.4 is 5.46 Å². The maximum atomic E-state index is 6.64. The molecule has 1 fully saturated rings. The van der Waals surface area contributed by atoms with Gasteiger partial charge in [-0.25, -0.2) is 0 Å². The Morgan fingerprint density at radius 1 is 0.375 bits per heavy atom. The van der Waals surface area contributed by atoms with Gasteiger partial charge in [0, 0.05) is 96.8 Å². The number of aromatic nitrogens is 2. The van der Waals surface area contributed by atoms with Crippen molar-refractivity contribution in [3.05, 3.63) is 279 Å². The zero-order valence-electron chi connectivity index (χ0n) is 48.6.